The van der Waals surface area contributed by atoms with E-state index in [1.807, 2.05) is 25.1 Å². The fraction of sp³-hybridized carbons (Fsp3) is 0.444. The smallest absolute Gasteiger partial charge is 0.318 e. The number of allylic oxidation sites excluding steroid dienone is 2. The van der Waals surface area contributed by atoms with Crippen LogP contribution in [0.1, 0.15) is 18.9 Å². The van der Waals surface area contributed by atoms with Crippen molar-refractivity contribution in [2.75, 3.05) is 14.1 Å². The highest BCUT2D eigenvalue weighted by Gasteiger charge is 2.46. The molecule has 3 rings (SSSR count). The van der Waals surface area contributed by atoms with Crippen LogP contribution < -0.4 is 0 Å². The molecule has 1 aromatic rings. The lowest BCUT2D eigenvalue weighted by Gasteiger charge is -2.20. The van der Waals surface area contributed by atoms with Crippen LogP contribution in [0.3, 0.4) is 0 Å². The van der Waals surface area contributed by atoms with Gasteiger partial charge in [0.15, 0.2) is 0 Å². The number of rotatable bonds is 2. The minimum absolute atomic E-state index is 0.141. The van der Waals surface area contributed by atoms with Crippen LogP contribution in [-0.2, 0) is 20.9 Å². The molecule has 22 heavy (non-hydrogen) atoms. The molecule has 0 amide bonds. The lowest BCUT2D eigenvalue weighted by Crippen LogP contribution is -2.25. The van der Waals surface area contributed by atoms with Gasteiger partial charge < -0.3 is 9.64 Å². The van der Waals surface area contributed by atoms with Crippen molar-refractivity contribution in [2.45, 2.75) is 19.9 Å². The number of carbonyl (C=O) groups is 2. The Morgan fingerprint density at radius 3 is 2.41 bits per heavy atom. The molecule has 0 aromatic heterocycles. The van der Waals surface area contributed by atoms with Crippen molar-refractivity contribution in [3.63, 3.8) is 0 Å². The van der Waals surface area contributed by atoms with Gasteiger partial charge in [0.25, 0.3) is 0 Å². The van der Waals surface area contributed by atoms with E-state index in [0.717, 1.165) is 6.54 Å². The summed E-state index contributed by atoms with van der Waals surface area (Å²) in [5.41, 5.74) is 1.37. The molecule has 2 aliphatic rings. The highest BCUT2D eigenvalue weighted by molar-refractivity contribution is 5.97. The van der Waals surface area contributed by atoms with Gasteiger partial charge in [-0.15, -0.1) is 0 Å². The van der Waals surface area contributed by atoms with E-state index in [2.05, 4.69) is 48.0 Å². The Morgan fingerprint density at radius 1 is 1.14 bits per heavy atom. The van der Waals surface area contributed by atoms with Gasteiger partial charge in [0.05, 0.1) is 11.8 Å². The van der Waals surface area contributed by atoms with Crippen molar-refractivity contribution in [1.82, 2.24) is 4.90 Å². The SMILES string of the molecule is CC1C=CCC2C(=O)OC(=O)C12.CN(C)Cc1ccccc1. The normalized spacial score (nSPS) is 26.3. The molecule has 0 bridgehead atoms. The highest BCUT2D eigenvalue weighted by Crippen LogP contribution is 2.36. The number of ether oxygens (including phenoxy) is 1. The van der Waals surface area contributed by atoms with Crippen LogP contribution in [0.15, 0.2) is 42.5 Å². The number of hydrogen-bond donors (Lipinski definition) is 0. The van der Waals surface area contributed by atoms with E-state index < -0.39 is 0 Å². The summed E-state index contributed by atoms with van der Waals surface area (Å²) >= 11 is 0. The first-order valence-electron chi connectivity index (χ1n) is 7.60. The van der Waals surface area contributed by atoms with Crippen molar-refractivity contribution in [3.05, 3.63) is 48.0 Å². The summed E-state index contributed by atoms with van der Waals surface area (Å²) in [4.78, 5) is 24.4. The number of benzene rings is 1. The lowest BCUT2D eigenvalue weighted by molar-refractivity contribution is -0.153. The first-order valence-corrected chi connectivity index (χ1v) is 7.60. The van der Waals surface area contributed by atoms with Gasteiger partial charge in [-0.3, -0.25) is 9.59 Å². The second-order valence-corrected chi connectivity index (χ2v) is 6.12. The van der Waals surface area contributed by atoms with Gasteiger partial charge in [0.2, 0.25) is 0 Å². The van der Waals surface area contributed by atoms with E-state index in [1.165, 1.54) is 5.56 Å². The summed E-state index contributed by atoms with van der Waals surface area (Å²) in [6.45, 7) is 2.97. The van der Waals surface area contributed by atoms with Crippen LogP contribution in [0.4, 0.5) is 0 Å². The zero-order valence-corrected chi connectivity index (χ0v) is 13.4. The molecular weight excluding hydrogens is 278 g/mol. The third-order valence-corrected chi connectivity index (χ3v) is 3.95. The second-order valence-electron chi connectivity index (χ2n) is 6.12. The maximum Gasteiger partial charge on any atom is 0.318 e. The standard InChI is InChI=1S/C9H13N.C9H10O3/c1-10(2)8-9-6-4-3-5-7-9;1-5-3-2-4-6-7(5)9(11)12-8(6)10/h3-7H,8H2,1-2H3;2-3,5-7H,4H2,1H3. The zero-order chi connectivity index (χ0) is 16.1. The Bertz CT molecular complexity index is 551. The zero-order valence-electron chi connectivity index (χ0n) is 13.4. The van der Waals surface area contributed by atoms with Crippen LogP contribution in [0, 0.1) is 17.8 Å². The number of cyclic esters (lactones) is 2. The summed E-state index contributed by atoms with van der Waals surface area (Å²) < 4.78 is 4.56. The molecule has 4 nitrogen and oxygen atoms in total. The summed E-state index contributed by atoms with van der Waals surface area (Å²) in [7, 11) is 4.15. The topological polar surface area (TPSA) is 46.6 Å². The van der Waals surface area contributed by atoms with E-state index in [9.17, 15) is 9.59 Å². The molecule has 1 aliphatic carbocycles. The molecule has 3 atom stereocenters. The minimum Gasteiger partial charge on any atom is -0.393 e. The van der Waals surface area contributed by atoms with Crippen LogP contribution >= 0.6 is 0 Å². The predicted octanol–water partition coefficient (Wildman–Crippen LogP) is 2.65. The van der Waals surface area contributed by atoms with Gasteiger partial charge in [-0.1, -0.05) is 49.4 Å². The number of carbonyl (C=O) groups excluding carboxylic acids is 2. The Kier molecular flexibility index (Phi) is 5.50. The van der Waals surface area contributed by atoms with Gasteiger partial charge in [-0.05, 0) is 32.0 Å². The third-order valence-electron chi connectivity index (χ3n) is 3.95. The molecular formula is C18H23NO3. The molecule has 1 saturated heterocycles. The summed E-state index contributed by atoms with van der Waals surface area (Å²) in [5.74, 6) is -0.981. The fourth-order valence-corrected chi connectivity index (χ4v) is 2.89. The first kappa shape index (κ1) is 16.4. The average molecular weight is 301 g/mol. The quantitative estimate of drug-likeness (QED) is 0.478. The van der Waals surface area contributed by atoms with E-state index in [4.69, 9.17) is 0 Å². The molecule has 118 valence electrons. The van der Waals surface area contributed by atoms with Gasteiger partial charge in [0, 0.05) is 6.54 Å². The lowest BCUT2D eigenvalue weighted by atomic mass is 9.78. The molecule has 1 aliphatic heterocycles. The summed E-state index contributed by atoms with van der Waals surface area (Å²) in [6.07, 6.45) is 4.58. The Hall–Kier alpha value is -1.94. The number of nitrogens with zero attached hydrogens (tertiary/aromatic N) is 1. The second kappa shape index (κ2) is 7.36. The molecule has 4 heteroatoms. The highest BCUT2D eigenvalue weighted by atomic mass is 16.6. The Balaban J connectivity index is 0.000000164. The van der Waals surface area contributed by atoms with E-state index in [-0.39, 0.29) is 29.7 Å². The number of fused-ring (bicyclic) bond motifs is 1. The van der Waals surface area contributed by atoms with E-state index in [0.29, 0.717) is 6.42 Å². The van der Waals surface area contributed by atoms with Crippen molar-refractivity contribution < 1.29 is 14.3 Å². The van der Waals surface area contributed by atoms with Crippen LogP contribution in [0.25, 0.3) is 0 Å². The van der Waals surface area contributed by atoms with Crippen LogP contribution in [0.2, 0.25) is 0 Å². The van der Waals surface area contributed by atoms with Gasteiger partial charge in [0.1, 0.15) is 0 Å². The van der Waals surface area contributed by atoms with E-state index >= 15 is 0 Å². The number of esters is 2. The summed E-state index contributed by atoms with van der Waals surface area (Å²) in [6, 6.07) is 10.5. The summed E-state index contributed by atoms with van der Waals surface area (Å²) in [5, 5.41) is 0. The van der Waals surface area contributed by atoms with Crippen molar-refractivity contribution >= 4 is 11.9 Å². The van der Waals surface area contributed by atoms with Crippen molar-refractivity contribution in [1.29, 1.82) is 0 Å². The van der Waals surface area contributed by atoms with Gasteiger partial charge >= 0.3 is 11.9 Å². The molecule has 1 heterocycles. The van der Waals surface area contributed by atoms with Gasteiger partial charge in [-0.2, -0.15) is 0 Å². The molecule has 0 spiro atoms. The molecule has 0 N–H and O–H groups in total. The monoisotopic (exact) mass is 301 g/mol. The minimum atomic E-state index is -0.346. The molecule has 0 radical (unpaired) electrons. The van der Waals surface area contributed by atoms with Crippen LogP contribution in [-0.4, -0.2) is 30.9 Å². The maximum absolute atomic E-state index is 11.2. The molecule has 1 fully saturated rings. The van der Waals surface area contributed by atoms with Crippen molar-refractivity contribution in [3.8, 4) is 0 Å². The molecule has 1 aromatic carbocycles. The third kappa shape index (κ3) is 4.04. The fourth-order valence-electron chi connectivity index (χ4n) is 2.89. The Morgan fingerprint density at radius 2 is 1.82 bits per heavy atom. The van der Waals surface area contributed by atoms with E-state index in [1.54, 1.807) is 0 Å². The Labute approximate surface area is 131 Å². The first-order chi connectivity index (χ1) is 10.5. The average Bonchev–Trinajstić information content (AvgIpc) is 2.76. The number of hydrogen-bond acceptors (Lipinski definition) is 4. The van der Waals surface area contributed by atoms with Gasteiger partial charge in [-0.25, -0.2) is 0 Å². The van der Waals surface area contributed by atoms with Crippen LogP contribution in [0.5, 0.6) is 0 Å². The molecule has 3 unspecified atom stereocenters. The molecule has 0 saturated carbocycles. The maximum atomic E-state index is 11.2. The predicted molar refractivity (Wildman–Crippen MR) is 84.8 cm³/mol. The van der Waals surface area contributed by atoms with Crippen molar-refractivity contribution in [2.24, 2.45) is 17.8 Å². The largest absolute Gasteiger partial charge is 0.393 e.